The van der Waals surface area contributed by atoms with Gasteiger partial charge in [0, 0.05) is 9.79 Å². The van der Waals surface area contributed by atoms with Crippen LogP contribution in [0.2, 0.25) is 0 Å². The van der Waals surface area contributed by atoms with Crippen molar-refractivity contribution in [2.75, 3.05) is 0 Å². The first kappa shape index (κ1) is 17.1. The molecule has 0 unspecified atom stereocenters. The van der Waals surface area contributed by atoms with E-state index in [1.54, 1.807) is 11.8 Å². The van der Waals surface area contributed by atoms with E-state index in [0.29, 0.717) is 5.57 Å². The van der Waals surface area contributed by atoms with Crippen molar-refractivity contribution in [1.29, 1.82) is 5.26 Å². The van der Waals surface area contributed by atoms with E-state index in [0.717, 1.165) is 16.5 Å². The number of benzene rings is 4. The van der Waals surface area contributed by atoms with Gasteiger partial charge in [0.1, 0.15) is 0 Å². The minimum atomic E-state index is 0.671. The van der Waals surface area contributed by atoms with E-state index in [4.69, 9.17) is 0 Å². The lowest BCUT2D eigenvalue weighted by Crippen LogP contribution is -1.83. The second-order valence-corrected chi connectivity index (χ2v) is 7.36. The fraction of sp³-hybridized carbons (Fsp3) is 0. The highest BCUT2D eigenvalue weighted by Crippen LogP contribution is 2.28. The van der Waals surface area contributed by atoms with Crippen LogP contribution >= 0.6 is 11.8 Å². The Bertz CT molecular complexity index is 1140. The van der Waals surface area contributed by atoms with E-state index >= 15 is 0 Å². The molecule has 0 amide bonds. The topological polar surface area (TPSA) is 23.8 Å². The summed E-state index contributed by atoms with van der Waals surface area (Å²) < 4.78 is 0. The third-order valence-corrected chi connectivity index (χ3v) is 5.37. The monoisotopic (exact) mass is 363 g/mol. The molecule has 0 aliphatic carbocycles. The van der Waals surface area contributed by atoms with Gasteiger partial charge in [0.25, 0.3) is 0 Å². The zero-order valence-corrected chi connectivity index (χ0v) is 15.5. The average molecular weight is 363 g/mol. The lowest BCUT2D eigenvalue weighted by atomic mass is 10.0. The highest BCUT2D eigenvalue weighted by molar-refractivity contribution is 7.99. The van der Waals surface area contributed by atoms with E-state index in [2.05, 4.69) is 66.7 Å². The smallest absolute Gasteiger partial charge is 0.0998 e. The Kier molecular flexibility index (Phi) is 5.05. The van der Waals surface area contributed by atoms with Gasteiger partial charge in [-0.05, 0) is 58.3 Å². The van der Waals surface area contributed by atoms with Gasteiger partial charge in [-0.1, -0.05) is 78.5 Å². The van der Waals surface area contributed by atoms with Crippen molar-refractivity contribution in [3.8, 4) is 6.07 Å². The van der Waals surface area contributed by atoms with Crippen LogP contribution in [0.5, 0.6) is 0 Å². The molecule has 0 atom stereocenters. The van der Waals surface area contributed by atoms with Crippen molar-refractivity contribution >= 4 is 34.2 Å². The molecule has 0 heterocycles. The van der Waals surface area contributed by atoms with Crippen LogP contribution in [0, 0.1) is 11.3 Å². The van der Waals surface area contributed by atoms with Crippen molar-refractivity contribution in [3.05, 3.63) is 108 Å². The second-order valence-electron chi connectivity index (χ2n) is 6.22. The summed E-state index contributed by atoms with van der Waals surface area (Å²) >= 11 is 1.73. The minimum absolute atomic E-state index is 0.671. The molecule has 128 valence electrons. The zero-order chi connectivity index (χ0) is 18.5. The zero-order valence-electron chi connectivity index (χ0n) is 14.7. The number of hydrogen-bond acceptors (Lipinski definition) is 2. The molecular formula is C25H17NS. The third kappa shape index (κ3) is 4.11. The van der Waals surface area contributed by atoms with Gasteiger partial charge < -0.3 is 0 Å². The Balaban J connectivity index is 1.59. The molecule has 4 rings (SSSR count). The Morgan fingerprint density at radius 1 is 0.704 bits per heavy atom. The summed E-state index contributed by atoms with van der Waals surface area (Å²) in [5.41, 5.74) is 2.64. The van der Waals surface area contributed by atoms with Gasteiger partial charge in [-0.3, -0.25) is 0 Å². The third-order valence-electron chi connectivity index (χ3n) is 4.35. The van der Waals surface area contributed by atoms with E-state index in [1.165, 1.54) is 15.2 Å². The van der Waals surface area contributed by atoms with Crippen molar-refractivity contribution in [1.82, 2.24) is 0 Å². The number of hydrogen-bond donors (Lipinski definition) is 0. The Morgan fingerprint density at radius 2 is 1.37 bits per heavy atom. The average Bonchev–Trinajstić information content (AvgIpc) is 2.73. The maximum atomic E-state index is 9.64. The van der Waals surface area contributed by atoms with E-state index in [-0.39, 0.29) is 0 Å². The summed E-state index contributed by atoms with van der Waals surface area (Å²) in [5.74, 6) is 0. The van der Waals surface area contributed by atoms with Crippen LogP contribution < -0.4 is 0 Å². The van der Waals surface area contributed by atoms with Crippen LogP contribution in [0.25, 0.3) is 22.4 Å². The molecule has 0 saturated heterocycles. The molecule has 0 bridgehead atoms. The van der Waals surface area contributed by atoms with Crippen LogP contribution in [-0.4, -0.2) is 0 Å². The van der Waals surface area contributed by atoms with Gasteiger partial charge >= 0.3 is 0 Å². The Labute approximate surface area is 163 Å². The first-order valence-electron chi connectivity index (χ1n) is 8.76. The predicted molar refractivity (Wildman–Crippen MR) is 114 cm³/mol. The second kappa shape index (κ2) is 7.95. The van der Waals surface area contributed by atoms with Gasteiger partial charge in [0.15, 0.2) is 0 Å². The Morgan fingerprint density at radius 3 is 2.11 bits per heavy atom. The quantitative estimate of drug-likeness (QED) is 0.286. The molecular weight excluding hydrogens is 346 g/mol. The molecule has 1 nitrogen and oxygen atoms in total. The van der Waals surface area contributed by atoms with E-state index in [9.17, 15) is 5.26 Å². The van der Waals surface area contributed by atoms with Crippen molar-refractivity contribution in [2.24, 2.45) is 0 Å². The lowest BCUT2D eigenvalue weighted by molar-refractivity contribution is 1.40. The molecule has 0 radical (unpaired) electrons. The van der Waals surface area contributed by atoms with Gasteiger partial charge in [-0.15, -0.1) is 0 Å². The molecule has 4 aromatic rings. The van der Waals surface area contributed by atoms with Crippen LogP contribution in [0.15, 0.2) is 107 Å². The largest absolute Gasteiger partial charge is 0.192 e. The van der Waals surface area contributed by atoms with Gasteiger partial charge in [0.2, 0.25) is 0 Å². The van der Waals surface area contributed by atoms with Crippen molar-refractivity contribution in [3.63, 3.8) is 0 Å². The van der Waals surface area contributed by atoms with Gasteiger partial charge in [0.05, 0.1) is 11.6 Å². The molecule has 2 heteroatoms. The first-order valence-corrected chi connectivity index (χ1v) is 9.57. The first-order chi connectivity index (χ1) is 13.3. The highest BCUT2D eigenvalue weighted by atomic mass is 32.2. The summed E-state index contributed by atoms with van der Waals surface area (Å²) in [6, 6.07) is 35.3. The number of allylic oxidation sites excluding steroid dienone is 1. The maximum Gasteiger partial charge on any atom is 0.0998 e. The van der Waals surface area contributed by atoms with Crippen LogP contribution in [0.1, 0.15) is 11.1 Å². The summed E-state index contributed by atoms with van der Waals surface area (Å²) in [6.07, 6.45) is 1.95. The maximum absolute atomic E-state index is 9.64. The normalized spacial score (nSPS) is 11.3. The number of rotatable bonds is 4. The number of fused-ring (bicyclic) bond motifs is 1. The number of nitrogens with zero attached hydrogens (tertiary/aromatic N) is 1. The summed E-state index contributed by atoms with van der Waals surface area (Å²) in [7, 11) is 0. The van der Waals surface area contributed by atoms with Gasteiger partial charge in [-0.2, -0.15) is 5.26 Å². The molecule has 0 aromatic heterocycles. The van der Waals surface area contributed by atoms with Crippen LogP contribution in [0.3, 0.4) is 0 Å². The SMILES string of the molecule is N#C/C(=C/c1ccc(Sc2ccccc2)cc1)c1ccc2ccccc2c1. The van der Waals surface area contributed by atoms with Crippen molar-refractivity contribution < 1.29 is 0 Å². The van der Waals surface area contributed by atoms with Gasteiger partial charge in [-0.25, -0.2) is 0 Å². The molecule has 4 aromatic carbocycles. The van der Waals surface area contributed by atoms with E-state index < -0.39 is 0 Å². The Hall–Kier alpha value is -3.28. The molecule has 0 fully saturated rings. The fourth-order valence-corrected chi connectivity index (χ4v) is 3.80. The number of nitriles is 1. The predicted octanol–water partition coefficient (Wildman–Crippen LogP) is 7.06. The molecule has 0 spiro atoms. The standard InChI is InChI=1S/C25H17NS/c26-18-23(22-13-12-20-6-4-5-7-21(20)17-22)16-19-10-14-25(15-11-19)27-24-8-2-1-3-9-24/h1-17H/b23-16-. The lowest BCUT2D eigenvalue weighted by Gasteiger charge is -2.04. The molecule has 0 aliphatic rings. The molecule has 0 saturated carbocycles. The van der Waals surface area contributed by atoms with Crippen molar-refractivity contribution in [2.45, 2.75) is 9.79 Å². The molecule has 27 heavy (non-hydrogen) atoms. The molecule has 0 aliphatic heterocycles. The van der Waals surface area contributed by atoms with Crippen LogP contribution in [-0.2, 0) is 0 Å². The highest BCUT2D eigenvalue weighted by Gasteiger charge is 2.03. The summed E-state index contributed by atoms with van der Waals surface area (Å²) in [4.78, 5) is 2.40. The summed E-state index contributed by atoms with van der Waals surface area (Å²) in [6.45, 7) is 0. The molecule has 0 N–H and O–H groups in total. The minimum Gasteiger partial charge on any atom is -0.192 e. The summed E-state index contributed by atoms with van der Waals surface area (Å²) in [5, 5.41) is 12.0. The van der Waals surface area contributed by atoms with E-state index in [1.807, 2.05) is 42.5 Å². The van der Waals surface area contributed by atoms with Crippen LogP contribution in [0.4, 0.5) is 0 Å². The fourth-order valence-electron chi connectivity index (χ4n) is 2.96.